The average molecular weight is 324 g/mol. The van der Waals surface area contributed by atoms with E-state index in [4.69, 9.17) is 0 Å². The molecule has 0 aliphatic carbocycles. The molecule has 2 nitrogen and oxygen atoms in total. The Morgan fingerprint density at radius 1 is 1.22 bits per heavy atom. The Balaban J connectivity index is 1.96. The summed E-state index contributed by atoms with van der Waals surface area (Å²) in [6.45, 7) is 0. The second kappa shape index (κ2) is 6.71. The summed E-state index contributed by atoms with van der Waals surface area (Å²) in [4.78, 5) is 12.7. The van der Waals surface area contributed by atoms with Crippen LogP contribution in [0.2, 0.25) is 0 Å². The first-order valence-corrected chi connectivity index (χ1v) is 7.74. The number of hydrogen-bond donors (Lipinski definition) is 1. The summed E-state index contributed by atoms with van der Waals surface area (Å²) in [6, 6.07) is 14.0. The third-order valence-electron chi connectivity index (χ3n) is 2.59. The number of nitrogens with one attached hydrogen (secondary N) is 1. The van der Waals surface area contributed by atoms with E-state index in [2.05, 4.69) is 33.4 Å². The van der Waals surface area contributed by atoms with Gasteiger partial charge < -0.3 is 5.32 Å². The minimum atomic E-state index is 0.00498. The monoisotopic (exact) mass is 323 g/mol. The number of amides is 1. The Labute approximate surface area is 119 Å². The minimum Gasteiger partial charge on any atom is -0.347 e. The molecule has 0 radical (unpaired) electrons. The molecule has 1 heterocycles. The fourth-order valence-corrected chi connectivity index (χ4v) is 2.72. The second-order valence-corrected chi connectivity index (χ2v) is 5.59. The molecule has 1 N–H and O–H groups in total. The summed E-state index contributed by atoms with van der Waals surface area (Å²) < 4.78 is 0. The average Bonchev–Trinajstić information content (AvgIpc) is 2.93. The van der Waals surface area contributed by atoms with Crippen LogP contribution in [0.4, 0.5) is 0 Å². The standard InChI is InChI=1S/C14H14BrNOS/c15-10-12(9-11-5-2-1-3-6-11)16-14(17)13-7-4-8-18-13/h1-8,12H,9-10H2,(H,16,17). The molecule has 0 fully saturated rings. The van der Waals surface area contributed by atoms with E-state index in [0.717, 1.165) is 16.6 Å². The topological polar surface area (TPSA) is 29.1 Å². The fraction of sp³-hybridized carbons (Fsp3) is 0.214. The van der Waals surface area contributed by atoms with Crippen LogP contribution in [0.15, 0.2) is 47.8 Å². The van der Waals surface area contributed by atoms with Crippen LogP contribution in [0, 0.1) is 0 Å². The van der Waals surface area contributed by atoms with Crippen molar-refractivity contribution in [1.82, 2.24) is 5.32 Å². The molecular formula is C14H14BrNOS. The van der Waals surface area contributed by atoms with Gasteiger partial charge in [-0.15, -0.1) is 11.3 Å². The van der Waals surface area contributed by atoms with Crippen molar-refractivity contribution in [3.8, 4) is 0 Å². The zero-order chi connectivity index (χ0) is 12.8. The van der Waals surface area contributed by atoms with E-state index in [1.165, 1.54) is 16.9 Å². The van der Waals surface area contributed by atoms with E-state index in [-0.39, 0.29) is 11.9 Å². The van der Waals surface area contributed by atoms with Gasteiger partial charge in [0.05, 0.1) is 4.88 Å². The van der Waals surface area contributed by atoms with Crippen LogP contribution in [-0.2, 0) is 6.42 Å². The summed E-state index contributed by atoms with van der Waals surface area (Å²) >= 11 is 4.92. The number of rotatable bonds is 5. The largest absolute Gasteiger partial charge is 0.347 e. The van der Waals surface area contributed by atoms with Gasteiger partial charge in [-0.2, -0.15) is 0 Å². The van der Waals surface area contributed by atoms with Gasteiger partial charge in [0.1, 0.15) is 0 Å². The highest BCUT2D eigenvalue weighted by Gasteiger charge is 2.13. The van der Waals surface area contributed by atoms with Gasteiger partial charge in [-0.25, -0.2) is 0 Å². The molecule has 2 rings (SSSR count). The SMILES string of the molecule is O=C(NC(CBr)Cc1ccccc1)c1cccs1. The molecule has 0 aliphatic rings. The first-order chi connectivity index (χ1) is 8.79. The number of alkyl halides is 1. The van der Waals surface area contributed by atoms with E-state index in [9.17, 15) is 4.79 Å². The quantitative estimate of drug-likeness (QED) is 0.838. The maximum atomic E-state index is 11.9. The number of carbonyl (C=O) groups is 1. The number of halogens is 1. The van der Waals surface area contributed by atoms with Crippen LogP contribution in [0.25, 0.3) is 0 Å². The Bertz CT molecular complexity index is 484. The minimum absolute atomic E-state index is 0.00498. The highest BCUT2D eigenvalue weighted by atomic mass is 79.9. The van der Waals surface area contributed by atoms with Crippen molar-refractivity contribution < 1.29 is 4.79 Å². The molecule has 0 saturated heterocycles. The van der Waals surface area contributed by atoms with Gasteiger partial charge >= 0.3 is 0 Å². The molecule has 0 spiro atoms. The first-order valence-electron chi connectivity index (χ1n) is 5.74. The van der Waals surface area contributed by atoms with Crippen LogP contribution in [0.3, 0.4) is 0 Å². The third kappa shape index (κ3) is 3.68. The van der Waals surface area contributed by atoms with Crippen molar-refractivity contribution in [2.45, 2.75) is 12.5 Å². The summed E-state index contributed by atoms with van der Waals surface area (Å²) in [7, 11) is 0. The normalized spacial score (nSPS) is 12.1. The van der Waals surface area contributed by atoms with Gasteiger partial charge in [-0.1, -0.05) is 52.3 Å². The number of hydrogen-bond acceptors (Lipinski definition) is 2. The molecule has 94 valence electrons. The third-order valence-corrected chi connectivity index (χ3v) is 4.24. The van der Waals surface area contributed by atoms with Gasteiger partial charge in [0.25, 0.3) is 5.91 Å². The number of carbonyl (C=O) groups excluding carboxylic acids is 1. The Morgan fingerprint density at radius 3 is 2.61 bits per heavy atom. The maximum absolute atomic E-state index is 11.9. The first kappa shape index (κ1) is 13.3. The zero-order valence-corrected chi connectivity index (χ0v) is 12.2. The molecule has 0 aliphatic heterocycles. The molecule has 2 aromatic rings. The van der Waals surface area contributed by atoms with Gasteiger partial charge in [-0.3, -0.25) is 4.79 Å². The van der Waals surface area contributed by atoms with Crippen LogP contribution >= 0.6 is 27.3 Å². The lowest BCUT2D eigenvalue weighted by Crippen LogP contribution is -2.37. The lowest BCUT2D eigenvalue weighted by Gasteiger charge is -2.15. The molecule has 0 bridgehead atoms. The van der Waals surface area contributed by atoms with Crippen molar-refractivity contribution in [2.75, 3.05) is 5.33 Å². The van der Waals surface area contributed by atoms with Crippen molar-refractivity contribution in [3.05, 3.63) is 58.3 Å². The van der Waals surface area contributed by atoms with E-state index in [1.54, 1.807) is 0 Å². The summed E-state index contributed by atoms with van der Waals surface area (Å²) in [5.74, 6) is 0.00498. The molecule has 1 aromatic heterocycles. The molecule has 1 aromatic carbocycles. The summed E-state index contributed by atoms with van der Waals surface area (Å²) in [6.07, 6.45) is 0.837. The van der Waals surface area contributed by atoms with E-state index in [1.807, 2.05) is 35.7 Å². The van der Waals surface area contributed by atoms with E-state index in [0.29, 0.717) is 0 Å². The summed E-state index contributed by atoms with van der Waals surface area (Å²) in [5, 5.41) is 5.70. The fourth-order valence-electron chi connectivity index (χ4n) is 1.71. The molecular weight excluding hydrogens is 310 g/mol. The number of thiophene rings is 1. The highest BCUT2D eigenvalue weighted by molar-refractivity contribution is 9.09. The Hall–Kier alpha value is -1.13. The van der Waals surface area contributed by atoms with Crippen molar-refractivity contribution in [1.29, 1.82) is 0 Å². The van der Waals surface area contributed by atoms with Gasteiger partial charge in [0.2, 0.25) is 0 Å². The van der Waals surface area contributed by atoms with Crippen molar-refractivity contribution in [2.24, 2.45) is 0 Å². The predicted molar refractivity (Wildman–Crippen MR) is 79.5 cm³/mol. The number of benzene rings is 1. The smallest absolute Gasteiger partial charge is 0.261 e. The maximum Gasteiger partial charge on any atom is 0.261 e. The molecule has 4 heteroatoms. The second-order valence-electron chi connectivity index (χ2n) is 3.99. The molecule has 18 heavy (non-hydrogen) atoms. The van der Waals surface area contributed by atoms with Crippen LogP contribution < -0.4 is 5.32 Å². The molecule has 1 unspecified atom stereocenters. The van der Waals surface area contributed by atoms with E-state index >= 15 is 0 Å². The van der Waals surface area contributed by atoms with E-state index < -0.39 is 0 Å². The van der Waals surface area contributed by atoms with Crippen molar-refractivity contribution in [3.63, 3.8) is 0 Å². The highest BCUT2D eigenvalue weighted by Crippen LogP contribution is 2.10. The lowest BCUT2D eigenvalue weighted by atomic mass is 10.1. The molecule has 0 saturated carbocycles. The predicted octanol–water partition coefficient (Wildman–Crippen LogP) is 3.48. The van der Waals surface area contributed by atoms with Crippen LogP contribution in [0.1, 0.15) is 15.2 Å². The van der Waals surface area contributed by atoms with Gasteiger partial charge in [0, 0.05) is 11.4 Å². The van der Waals surface area contributed by atoms with Gasteiger partial charge in [0.15, 0.2) is 0 Å². The van der Waals surface area contributed by atoms with Crippen molar-refractivity contribution >= 4 is 33.2 Å². The summed E-state index contributed by atoms with van der Waals surface area (Å²) in [5.41, 5.74) is 1.23. The Morgan fingerprint density at radius 2 is 2.00 bits per heavy atom. The Kier molecular flexibility index (Phi) is 4.96. The lowest BCUT2D eigenvalue weighted by molar-refractivity contribution is 0.0945. The van der Waals surface area contributed by atoms with Crippen LogP contribution in [-0.4, -0.2) is 17.3 Å². The van der Waals surface area contributed by atoms with Crippen LogP contribution in [0.5, 0.6) is 0 Å². The molecule has 1 atom stereocenters. The van der Waals surface area contributed by atoms with Gasteiger partial charge in [-0.05, 0) is 23.4 Å². The molecule has 1 amide bonds. The zero-order valence-electron chi connectivity index (χ0n) is 9.80.